The largest absolute Gasteiger partial charge is 0.491 e. The van der Waals surface area contributed by atoms with Crippen molar-refractivity contribution in [3.8, 4) is 5.75 Å². The number of hydrogen-bond acceptors (Lipinski definition) is 3. The van der Waals surface area contributed by atoms with Crippen molar-refractivity contribution in [3.05, 3.63) is 35.5 Å². The van der Waals surface area contributed by atoms with Gasteiger partial charge in [-0.3, -0.25) is 4.98 Å². The zero-order chi connectivity index (χ0) is 13.8. The maximum Gasteiger partial charge on any atom is 0.120 e. The van der Waals surface area contributed by atoms with Crippen molar-refractivity contribution in [3.63, 3.8) is 0 Å². The molecule has 0 aliphatic heterocycles. The average molecular weight is 258 g/mol. The van der Waals surface area contributed by atoms with E-state index < -0.39 is 0 Å². The standard InChI is InChI=1S/C16H22N2O/c1-11(2)19-15-6-7-16-14(10-15)9-13(5-4-8-17)12(3)18-16/h6-7,9-11H,4-5,8,17H2,1-3H3. The third-order valence-electron chi connectivity index (χ3n) is 3.10. The van der Waals surface area contributed by atoms with Gasteiger partial charge in [0.25, 0.3) is 0 Å². The summed E-state index contributed by atoms with van der Waals surface area (Å²) in [6, 6.07) is 8.27. The van der Waals surface area contributed by atoms with Crippen LogP contribution in [-0.2, 0) is 6.42 Å². The van der Waals surface area contributed by atoms with E-state index in [9.17, 15) is 0 Å². The van der Waals surface area contributed by atoms with E-state index in [-0.39, 0.29) is 6.10 Å². The second-order valence-electron chi connectivity index (χ2n) is 5.15. The molecule has 2 rings (SSSR count). The number of pyridine rings is 1. The van der Waals surface area contributed by atoms with Gasteiger partial charge < -0.3 is 10.5 Å². The summed E-state index contributed by atoms with van der Waals surface area (Å²) in [6.07, 6.45) is 2.17. The van der Waals surface area contributed by atoms with Crippen LogP contribution in [0.15, 0.2) is 24.3 Å². The Kier molecular flexibility index (Phi) is 4.38. The van der Waals surface area contributed by atoms with Crippen molar-refractivity contribution in [2.24, 2.45) is 5.73 Å². The number of aryl methyl sites for hydroxylation is 2. The van der Waals surface area contributed by atoms with Gasteiger partial charge in [-0.15, -0.1) is 0 Å². The molecule has 0 radical (unpaired) electrons. The zero-order valence-electron chi connectivity index (χ0n) is 11.9. The maximum atomic E-state index is 5.73. The summed E-state index contributed by atoms with van der Waals surface area (Å²) in [5, 5.41) is 1.13. The molecule has 0 unspecified atom stereocenters. The van der Waals surface area contributed by atoms with Crippen LogP contribution in [0.3, 0.4) is 0 Å². The van der Waals surface area contributed by atoms with Crippen LogP contribution in [0.25, 0.3) is 10.9 Å². The molecule has 0 saturated carbocycles. The van der Waals surface area contributed by atoms with Crippen LogP contribution >= 0.6 is 0 Å². The van der Waals surface area contributed by atoms with Crippen LogP contribution in [0.5, 0.6) is 5.75 Å². The van der Waals surface area contributed by atoms with Crippen molar-refractivity contribution in [1.29, 1.82) is 0 Å². The normalized spacial score (nSPS) is 11.2. The number of nitrogens with two attached hydrogens (primary N) is 1. The van der Waals surface area contributed by atoms with Crippen LogP contribution in [0.1, 0.15) is 31.5 Å². The molecule has 2 aromatic rings. The minimum absolute atomic E-state index is 0.188. The van der Waals surface area contributed by atoms with Crippen LogP contribution in [0.4, 0.5) is 0 Å². The van der Waals surface area contributed by atoms with Crippen molar-refractivity contribution >= 4 is 10.9 Å². The fourth-order valence-corrected chi connectivity index (χ4v) is 2.19. The number of ether oxygens (including phenoxy) is 1. The second-order valence-corrected chi connectivity index (χ2v) is 5.15. The van der Waals surface area contributed by atoms with Gasteiger partial charge in [-0.25, -0.2) is 0 Å². The zero-order valence-corrected chi connectivity index (χ0v) is 11.9. The van der Waals surface area contributed by atoms with Crippen LogP contribution in [0.2, 0.25) is 0 Å². The number of benzene rings is 1. The van der Waals surface area contributed by atoms with Crippen LogP contribution < -0.4 is 10.5 Å². The highest BCUT2D eigenvalue weighted by Crippen LogP contribution is 2.23. The molecule has 2 N–H and O–H groups in total. The van der Waals surface area contributed by atoms with Crippen LogP contribution in [-0.4, -0.2) is 17.6 Å². The predicted molar refractivity (Wildman–Crippen MR) is 79.6 cm³/mol. The smallest absolute Gasteiger partial charge is 0.120 e. The van der Waals surface area contributed by atoms with E-state index in [0.29, 0.717) is 6.54 Å². The summed E-state index contributed by atoms with van der Waals surface area (Å²) in [7, 11) is 0. The third kappa shape index (κ3) is 3.44. The first-order valence-corrected chi connectivity index (χ1v) is 6.87. The monoisotopic (exact) mass is 258 g/mol. The van der Waals surface area contributed by atoms with Gasteiger partial charge in [0.2, 0.25) is 0 Å². The Balaban J connectivity index is 2.37. The summed E-state index contributed by atoms with van der Waals surface area (Å²) in [4.78, 5) is 4.65. The van der Waals surface area contributed by atoms with Gasteiger partial charge in [-0.05, 0) is 70.0 Å². The SMILES string of the molecule is Cc1nc2ccc(OC(C)C)cc2cc1CCCN. The molecule has 19 heavy (non-hydrogen) atoms. The Bertz CT molecular complexity index is 564. The van der Waals surface area contributed by atoms with Gasteiger partial charge in [0.1, 0.15) is 5.75 Å². The molecule has 3 heteroatoms. The van der Waals surface area contributed by atoms with Crippen molar-refractivity contribution in [2.45, 2.75) is 39.7 Å². The highest BCUT2D eigenvalue weighted by atomic mass is 16.5. The van der Waals surface area contributed by atoms with Gasteiger partial charge in [-0.2, -0.15) is 0 Å². The molecular formula is C16H22N2O. The van der Waals surface area contributed by atoms with E-state index in [1.165, 1.54) is 5.56 Å². The summed E-state index contributed by atoms with van der Waals surface area (Å²) in [5.74, 6) is 0.901. The Hall–Kier alpha value is -1.61. The predicted octanol–water partition coefficient (Wildman–Crippen LogP) is 3.22. The maximum absolute atomic E-state index is 5.73. The van der Waals surface area contributed by atoms with E-state index in [4.69, 9.17) is 10.5 Å². The molecule has 0 aliphatic carbocycles. The van der Waals surface area contributed by atoms with Crippen LogP contribution in [0, 0.1) is 6.92 Å². The lowest BCUT2D eigenvalue weighted by molar-refractivity contribution is 0.243. The number of fused-ring (bicyclic) bond motifs is 1. The summed E-state index contributed by atoms with van der Waals surface area (Å²) < 4.78 is 5.73. The van der Waals surface area contributed by atoms with E-state index in [2.05, 4.69) is 24.0 Å². The Morgan fingerprint density at radius 2 is 2.05 bits per heavy atom. The average Bonchev–Trinajstić information content (AvgIpc) is 2.36. The molecule has 0 fully saturated rings. The summed E-state index contributed by atoms with van der Waals surface area (Å²) in [6.45, 7) is 6.84. The fourth-order valence-electron chi connectivity index (χ4n) is 2.19. The van der Waals surface area contributed by atoms with E-state index in [1.54, 1.807) is 0 Å². The minimum Gasteiger partial charge on any atom is -0.491 e. The molecular weight excluding hydrogens is 236 g/mol. The van der Waals surface area contributed by atoms with Gasteiger partial charge in [0, 0.05) is 11.1 Å². The van der Waals surface area contributed by atoms with E-state index >= 15 is 0 Å². The van der Waals surface area contributed by atoms with Gasteiger partial charge in [-0.1, -0.05) is 0 Å². The first-order valence-electron chi connectivity index (χ1n) is 6.87. The molecule has 0 bridgehead atoms. The minimum atomic E-state index is 0.188. The number of hydrogen-bond donors (Lipinski definition) is 1. The Morgan fingerprint density at radius 1 is 1.26 bits per heavy atom. The number of aromatic nitrogens is 1. The van der Waals surface area contributed by atoms with E-state index in [0.717, 1.165) is 35.2 Å². The molecule has 0 saturated heterocycles. The molecule has 0 amide bonds. The quantitative estimate of drug-likeness (QED) is 0.895. The first-order chi connectivity index (χ1) is 9.10. The van der Waals surface area contributed by atoms with E-state index in [1.807, 2.05) is 26.0 Å². The molecule has 0 aliphatic rings. The molecule has 3 nitrogen and oxygen atoms in total. The first kappa shape index (κ1) is 13.8. The topological polar surface area (TPSA) is 48.1 Å². The highest BCUT2D eigenvalue weighted by Gasteiger charge is 2.05. The van der Waals surface area contributed by atoms with Crippen molar-refractivity contribution < 1.29 is 4.74 Å². The lowest BCUT2D eigenvalue weighted by Crippen LogP contribution is -2.05. The summed E-state index contributed by atoms with van der Waals surface area (Å²) in [5.41, 5.74) is 8.97. The molecule has 102 valence electrons. The molecule has 0 spiro atoms. The highest BCUT2D eigenvalue weighted by molar-refractivity contribution is 5.81. The lowest BCUT2D eigenvalue weighted by atomic mass is 10.1. The second kappa shape index (κ2) is 6.02. The number of rotatable bonds is 5. The Labute approximate surface area is 114 Å². The van der Waals surface area contributed by atoms with Gasteiger partial charge in [0.15, 0.2) is 0 Å². The number of nitrogens with zero attached hydrogens (tertiary/aromatic N) is 1. The molecule has 0 atom stereocenters. The van der Waals surface area contributed by atoms with Crippen molar-refractivity contribution in [1.82, 2.24) is 4.98 Å². The molecule has 1 aromatic carbocycles. The summed E-state index contributed by atoms with van der Waals surface area (Å²) >= 11 is 0. The third-order valence-corrected chi connectivity index (χ3v) is 3.10. The van der Waals surface area contributed by atoms with Gasteiger partial charge >= 0.3 is 0 Å². The fraction of sp³-hybridized carbons (Fsp3) is 0.438. The molecule has 1 aromatic heterocycles. The van der Waals surface area contributed by atoms with Gasteiger partial charge in [0.05, 0.1) is 11.6 Å². The Morgan fingerprint density at radius 3 is 2.74 bits per heavy atom. The van der Waals surface area contributed by atoms with Crippen molar-refractivity contribution in [2.75, 3.05) is 6.54 Å². The molecule has 1 heterocycles. The lowest BCUT2D eigenvalue weighted by Gasteiger charge is -2.11.